The van der Waals surface area contributed by atoms with Gasteiger partial charge in [0.05, 0.1) is 5.69 Å². The summed E-state index contributed by atoms with van der Waals surface area (Å²) in [4.78, 5) is 0. The second-order valence-electron chi connectivity index (χ2n) is 6.18. The zero-order chi connectivity index (χ0) is 16.8. The minimum absolute atomic E-state index is 0.187. The Morgan fingerprint density at radius 1 is 1.26 bits per heavy atom. The van der Waals surface area contributed by atoms with Crippen LogP contribution in [-0.2, 0) is 13.6 Å². The molecule has 1 heterocycles. The average molecular weight is 336 g/mol. The van der Waals surface area contributed by atoms with Gasteiger partial charge in [-0.2, -0.15) is 5.10 Å². The van der Waals surface area contributed by atoms with Gasteiger partial charge in [-0.05, 0) is 23.8 Å². The molecule has 0 amide bonds. The van der Waals surface area contributed by atoms with Crippen molar-refractivity contribution in [3.8, 4) is 0 Å². The molecule has 1 aromatic heterocycles. The van der Waals surface area contributed by atoms with E-state index in [1.54, 1.807) is 4.68 Å². The largest absolute Gasteiger partial charge is 0.396 e. The van der Waals surface area contributed by atoms with Crippen LogP contribution < -0.4 is 5.32 Å². The summed E-state index contributed by atoms with van der Waals surface area (Å²) >= 11 is 6.37. The van der Waals surface area contributed by atoms with Gasteiger partial charge in [-0.15, -0.1) is 0 Å². The van der Waals surface area contributed by atoms with Crippen molar-refractivity contribution in [1.82, 2.24) is 15.1 Å². The molecule has 0 aliphatic carbocycles. The van der Waals surface area contributed by atoms with Gasteiger partial charge in [0.25, 0.3) is 0 Å². The molecule has 1 aromatic carbocycles. The highest BCUT2D eigenvalue weighted by Gasteiger charge is 2.17. The minimum atomic E-state index is 0.187. The van der Waals surface area contributed by atoms with Crippen LogP contribution in [0.15, 0.2) is 30.3 Å². The Morgan fingerprint density at radius 2 is 1.96 bits per heavy atom. The number of nitrogens with zero attached hydrogens (tertiary/aromatic N) is 2. The first-order chi connectivity index (χ1) is 11.0. The molecular weight excluding hydrogens is 310 g/mol. The normalized spacial score (nSPS) is 12.8. The highest BCUT2D eigenvalue weighted by molar-refractivity contribution is 6.30. The minimum Gasteiger partial charge on any atom is -0.396 e. The molecule has 2 N–H and O–H groups in total. The predicted molar refractivity (Wildman–Crippen MR) is 94.9 cm³/mol. The predicted octanol–water partition coefficient (Wildman–Crippen LogP) is 3.45. The summed E-state index contributed by atoms with van der Waals surface area (Å²) in [5, 5.41) is 18.0. The van der Waals surface area contributed by atoms with Crippen molar-refractivity contribution in [3.63, 3.8) is 0 Å². The molecule has 0 bridgehead atoms. The number of hydrogen-bond acceptors (Lipinski definition) is 3. The van der Waals surface area contributed by atoms with E-state index in [9.17, 15) is 5.11 Å². The van der Waals surface area contributed by atoms with E-state index in [1.807, 2.05) is 25.2 Å². The van der Waals surface area contributed by atoms with Crippen LogP contribution in [0.25, 0.3) is 0 Å². The molecule has 4 nitrogen and oxygen atoms in total. The van der Waals surface area contributed by atoms with Gasteiger partial charge in [0.15, 0.2) is 0 Å². The standard InChI is InChI=1S/C18H26ClN3O/c1-13(2)17-16(18(19)22(3)21-17)12-20-11-15(9-10-23)14-7-5-4-6-8-14/h4-8,13,15,20,23H,9-12H2,1-3H3. The molecule has 5 heteroatoms. The van der Waals surface area contributed by atoms with Crippen molar-refractivity contribution in [1.29, 1.82) is 0 Å². The molecule has 2 aromatic rings. The fraction of sp³-hybridized carbons (Fsp3) is 0.500. The summed E-state index contributed by atoms with van der Waals surface area (Å²) in [6, 6.07) is 10.3. The third kappa shape index (κ3) is 4.56. The number of rotatable bonds is 8. The molecule has 126 valence electrons. The second-order valence-corrected chi connectivity index (χ2v) is 6.54. The monoisotopic (exact) mass is 335 g/mol. The summed E-state index contributed by atoms with van der Waals surface area (Å²) in [6.45, 7) is 5.93. The number of aliphatic hydroxyl groups excluding tert-OH is 1. The zero-order valence-electron chi connectivity index (χ0n) is 14.1. The van der Waals surface area contributed by atoms with E-state index in [1.165, 1.54) is 5.56 Å². The lowest BCUT2D eigenvalue weighted by Crippen LogP contribution is -2.22. The smallest absolute Gasteiger partial charge is 0.131 e. The maximum absolute atomic E-state index is 9.32. The van der Waals surface area contributed by atoms with Crippen LogP contribution in [0.5, 0.6) is 0 Å². The number of halogens is 1. The first kappa shape index (κ1) is 18.0. The maximum Gasteiger partial charge on any atom is 0.131 e. The van der Waals surface area contributed by atoms with Crippen molar-refractivity contribution >= 4 is 11.6 Å². The van der Waals surface area contributed by atoms with Crippen molar-refractivity contribution < 1.29 is 5.11 Å². The van der Waals surface area contributed by atoms with Crippen molar-refractivity contribution in [2.24, 2.45) is 7.05 Å². The Hall–Kier alpha value is -1.36. The summed E-state index contributed by atoms with van der Waals surface area (Å²) in [5.74, 6) is 0.631. The number of nitrogens with one attached hydrogen (secondary N) is 1. The first-order valence-corrected chi connectivity index (χ1v) is 8.50. The van der Waals surface area contributed by atoms with E-state index in [0.29, 0.717) is 23.5 Å². The molecule has 0 fully saturated rings. The van der Waals surface area contributed by atoms with Crippen molar-refractivity contribution in [3.05, 3.63) is 52.3 Å². The first-order valence-electron chi connectivity index (χ1n) is 8.12. The fourth-order valence-corrected chi connectivity index (χ4v) is 3.03. The lowest BCUT2D eigenvalue weighted by Gasteiger charge is -2.17. The van der Waals surface area contributed by atoms with Gasteiger partial charge in [-0.3, -0.25) is 4.68 Å². The topological polar surface area (TPSA) is 50.1 Å². The van der Waals surface area contributed by atoms with E-state index in [-0.39, 0.29) is 6.61 Å². The lowest BCUT2D eigenvalue weighted by atomic mass is 9.96. The van der Waals surface area contributed by atoms with Crippen LogP contribution in [0, 0.1) is 0 Å². The molecule has 1 unspecified atom stereocenters. The number of aryl methyl sites for hydroxylation is 1. The van der Waals surface area contributed by atoms with Crippen molar-refractivity contribution in [2.45, 2.75) is 38.6 Å². The van der Waals surface area contributed by atoms with E-state index >= 15 is 0 Å². The highest BCUT2D eigenvalue weighted by Crippen LogP contribution is 2.25. The molecule has 0 spiro atoms. The Balaban J connectivity index is 2.03. The Labute approximate surface area is 143 Å². The molecule has 0 aliphatic heterocycles. The molecular formula is C18H26ClN3O. The molecule has 2 rings (SSSR count). The summed E-state index contributed by atoms with van der Waals surface area (Å²) in [5.41, 5.74) is 3.36. The van der Waals surface area contributed by atoms with Crippen LogP contribution >= 0.6 is 11.6 Å². The third-order valence-electron chi connectivity index (χ3n) is 4.09. The van der Waals surface area contributed by atoms with E-state index in [2.05, 4.69) is 36.4 Å². The number of aromatic nitrogens is 2. The van der Waals surface area contributed by atoms with Crippen LogP contribution in [0.3, 0.4) is 0 Å². The van der Waals surface area contributed by atoms with E-state index < -0.39 is 0 Å². The molecule has 0 saturated heterocycles. The van der Waals surface area contributed by atoms with Gasteiger partial charge in [0.2, 0.25) is 0 Å². The van der Waals surface area contributed by atoms with Crippen molar-refractivity contribution in [2.75, 3.05) is 13.2 Å². The fourth-order valence-electron chi connectivity index (χ4n) is 2.83. The van der Waals surface area contributed by atoms with E-state index in [0.717, 1.165) is 24.2 Å². The molecule has 0 radical (unpaired) electrons. The maximum atomic E-state index is 9.32. The van der Waals surface area contributed by atoms with Gasteiger partial charge in [0, 0.05) is 32.3 Å². The van der Waals surface area contributed by atoms with E-state index in [4.69, 9.17) is 11.6 Å². The molecule has 0 aliphatic rings. The van der Waals surface area contributed by atoms with Crippen LogP contribution in [0.2, 0.25) is 5.15 Å². The lowest BCUT2D eigenvalue weighted by molar-refractivity contribution is 0.273. The van der Waals surface area contributed by atoms with Gasteiger partial charge >= 0.3 is 0 Å². The quantitative estimate of drug-likeness (QED) is 0.776. The Morgan fingerprint density at radius 3 is 2.57 bits per heavy atom. The third-order valence-corrected chi connectivity index (χ3v) is 4.56. The van der Waals surface area contributed by atoms with Gasteiger partial charge in [-0.1, -0.05) is 55.8 Å². The second kappa shape index (κ2) is 8.48. The van der Waals surface area contributed by atoms with Gasteiger partial charge in [0.1, 0.15) is 5.15 Å². The number of benzene rings is 1. The van der Waals surface area contributed by atoms with Crippen LogP contribution in [-0.4, -0.2) is 28.0 Å². The summed E-state index contributed by atoms with van der Waals surface area (Å²) < 4.78 is 1.73. The van der Waals surface area contributed by atoms with Crippen LogP contribution in [0.1, 0.15) is 48.9 Å². The highest BCUT2D eigenvalue weighted by atomic mass is 35.5. The molecule has 1 atom stereocenters. The number of hydrogen-bond donors (Lipinski definition) is 2. The van der Waals surface area contributed by atoms with Crippen LogP contribution in [0.4, 0.5) is 0 Å². The Kier molecular flexibility index (Phi) is 6.63. The molecule has 0 saturated carbocycles. The average Bonchev–Trinajstić information content (AvgIpc) is 2.83. The summed E-state index contributed by atoms with van der Waals surface area (Å²) in [7, 11) is 1.87. The van der Waals surface area contributed by atoms with Gasteiger partial charge in [-0.25, -0.2) is 0 Å². The zero-order valence-corrected chi connectivity index (χ0v) is 14.8. The Bertz CT molecular complexity index is 610. The summed E-state index contributed by atoms with van der Waals surface area (Å²) in [6.07, 6.45) is 0.745. The SMILES string of the molecule is CC(C)c1nn(C)c(Cl)c1CNCC(CCO)c1ccccc1. The molecule has 23 heavy (non-hydrogen) atoms. The number of aliphatic hydroxyl groups is 1. The van der Waals surface area contributed by atoms with Gasteiger partial charge < -0.3 is 10.4 Å².